The lowest BCUT2D eigenvalue weighted by Crippen LogP contribution is -2.49. The summed E-state index contributed by atoms with van der Waals surface area (Å²) in [6.07, 6.45) is 0. The molecule has 1 unspecified atom stereocenters. The van der Waals surface area contributed by atoms with Gasteiger partial charge in [0.25, 0.3) is 0 Å². The van der Waals surface area contributed by atoms with E-state index in [1.165, 1.54) is 13.2 Å². The van der Waals surface area contributed by atoms with E-state index in [0.717, 1.165) is 5.56 Å². The van der Waals surface area contributed by atoms with Crippen molar-refractivity contribution in [1.29, 1.82) is 0 Å². The van der Waals surface area contributed by atoms with Crippen molar-refractivity contribution in [2.24, 2.45) is 0 Å². The average Bonchev–Trinajstić information content (AvgIpc) is 2.38. The predicted octanol–water partition coefficient (Wildman–Crippen LogP) is 1.23. The molecule has 0 fully saturated rings. The van der Waals surface area contributed by atoms with Crippen LogP contribution in [0.2, 0.25) is 0 Å². The van der Waals surface area contributed by atoms with E-state index in [2.05, 4.69) is 5.32 Å². The highest BCUT2D eigenvalue weighted by Gasteiger charge is 2.24. The van der Waals surface area contributed by atoms with Crippen molar-refractivity contribution in [2.75, 3.05) is 20.3 Å². The third kappa shape index (κ3) is 3.41. The number of halogens is 1. The van der Waals surface area contributed by atoms with Crippen LogP contribution in [-0.4, -0.2) is 36.1 Å². The van der Waals surface area contributed by atoms with E-state index in [1.54, 1.807) is 19.1 Å². The van der Waals surface area contributed by atoms with Crippen molar-refractivity contribution < 1.29 is 19.3 Å². The maximum atomic E-state index is 13.6. The van der Waals surface area contributed by atoms with Crippen LogP contribution < -0.4 is 10.1 Å². The Bertz CT molecular complexity index is 394. The highest BCUT2D eigenvalue weighted by atomic mass is 19.1. The smallest absolute Gasteiger partial charge is 0.165 e. The van der Waals surface area contributed by atoms with Crippen LogP contribution in [0.5, 0.6) is 5.75 Å². The number of ether oxygens (including phenoxy) is 1. The SMILES string of the molecule is COc1ccc(C(C)NC(C)(CO)CO)cc1F. The summed E-state index contributed by atoms with van der Waals surface area (Å²) < 4.78 is 18.4. The molecule has 3 N–H and O–H groups in total. The van der Waals surface area contributed by atoms with Gasteiger partial charge in [0.1, 0.15) is 0 Å². The molecule has 0 heterocycles. The highest BCUT2D eigenvalue weighted by molar-refractivity contribution is 5.31. The molecule has 0 radical (unpaired) electrons. The molecular weight excluding hydrogens is 237 g/mol. The van der Waals surface area contributed by atoms with Crippen molar-refractivity contribution in [1.82, 2.24) is 5.32 Å². The van der Waals surface area contributed by atoms with Crippen LogP contribution in [0.1, 0.15) is 25.5 Å². The Balaban J connectivity index is 2.84. The second-order valence-electron chi connectivity index (χ2n) is 4.64. The van der Waals surface area contributed by atoms with E-state index in [0.29, 0.717) is 0 Å². The Hall–Kier alpha value is -1.17. The van der Waals surface area contributed by atoms with Crippen LogP contribution in [-0.2, 0) is 0 Å². The van der Waals surface area contributed by atoms with E-state index in [1.807, 2.05) is 6.92 Å². The Labute approximate surface area is 106 Å². The van der Waals surface area contributed by atoms with Crippen molar-refractivity contribution in [2.45, 2.75) is 25.4 Å². The van der Waals surface area contributed by atoms with Gasteiger partial charge in [-0.05, 0) is 31.5 Å². The Kier molecular flexibility index (Phi) is 5.07. The lowest BCUT2D eigenvalue weighted by atomic mass is 10.0. The van der Waals surface area contributed by atoms with Crippen LogP contribution in [0.3, 0.4) is 0 Å². The zero-order valence-electron chi connectivity index (χ0n) is 10.9. The molecule has 1 aromatic rings. The summed E-state index contributed by atoms with van der Waals surface area (Å²) in [6.45, 7) is 3.13. The summed E-state index contributed by atoms with van der Waals surface area (Å²) >= 11 is 0. The van der Waals surface area contributed by atoms with Crippen molar-refractivity contribution in [3.8, 4) is 5.75 Å². The molecule has 0 aliphatic carbocycles. The standard InChI is InChI=1S/C13H20FNO3/c1-9(15-13(2,7-16)8-17)10-4-5-12(18-3)11(14)6-10/h4-6,9,15-17H,7-8H2,1-3H3. The van der Waals surface area contributed by atoms with E-state index >= 15 is 0 Å². The third-order valence-electron chi connectivity index (χ3n) is 2.94. The maximum Gasteiger partial charge on any atom is 0.165 e. The number of aliphatic hydroxyl groups is 2. The number of benzene rings is 1. The monoisotopic (exact) mass is 257 g/mol. The van der Waals surface area contributed by atoms with Gasteiger partial charge in [-0.2, -0.15) is 0 Å². The molecule has 0 aliphatic rings. The number of methoxy groups -OCH3 is 1. The van der Waals surface area contributed by atoms with E-state index in [4.69, 9.17) is 4.74 Å². The van der Waals surface area contributed by atoms with Crippen LogP contribution in [0.4, 0.5) is 4.39 Å². The topological polar surface area (TPSA) is 61.7 Å². The van der Waals surface area contributed by atoms with Gasteiger partial charge in [0.05, 0.1) is 25.9 Å². The first-order chi connectivity index (χ1) is 8.45. The van der Waals surface area contributed by atoms with Gasteiger partial charge in [-0.15, -0.1) is 0 Å². The molecule has 4 nitrogen and oxygen atoms in total. The largest absolute Gasteiger partial charge is 0.494 e. The first-order valence-electron chi connectivity index (χ1n) is 5.78. The summed E-state index contributed by atoms with van der Waals surface area (Å²) in [5.74, 6) is -0.239. The molecule has 1 rings (SSSR count). The molecule has 5 heteroatoms. The van der Waals surface area contributed by atoms with Gasteiger partial charge < -0.3 is 20.3 Å². The van der Waals surface area contributed by atoms with E-state index < -0.39 is 11.4 Å². The molecule has 0 aromatic heterocycles. The zero-order valence-corrected chi connectivity index (χ0v) is 10.9. The van der Waals surface area contributed by atoms with Crippen molar-refractivity contribution in [3.63, 3.8) is 0 Å². The summed E-state index contributed by atoms with van der Waals surface area (Å²) in [7, 11) is 1.41. The minimum atomic E-state index is -0.796. The van der Waals surface area contributed by atoms with Crippen molar-refractivity contribution >= 4 is 0 Å². The second-order valence-corrected chi connectivity index (χ2v) is 4.64. The minimum Gasteiger partial charge on any atom is -0.494 e. The summed E-state index contributed by atoms with van der Waals surface area (Å²) in [5.41, 5.74) is -0.0723. The molecule has 0 spiro atoms. The fraction of sp³-hybridized carbons (Fsp3) is 0.538. The van der Waals surface area contributed by atoms with Gasteiger partial charge in [0, 0.05) is 6.04 Å². The average molecular weight is 257 g/mol. The fourth-order valence-electron chi connectivity index (χ4n) is 1.70. The Morgan fingerprint density at radius 3 is 2.44 bits per heavy atom. The zero-order chi connectivity index (χ0) is 13.8. The van der Waals surface area contributed by atoms with E-state index in [-0.39, 0.29) is 25.0 Å². The van der Waals surface area contributed by atoms with Crippen LogP contribution >= 0.6 is 0 Å². The molecule has 0 amide bonds. The van der Waals surface area contributed by atoms with Crippen molar-refractivity contribution in [3.05, 3.63) is 29.6 Å². The summed E-state index contributed by atoms with van der Waals surface area (Å²) in [5, 5.41) is 21.5. The highest BCUT2D eigenvalue weighted by Crippen LogP contribution is 2.23. The van der Waals surface area contributed by atoms with Gasteiger partial charge in [-0.1, -0.05) is 6.07 Å². The molecule has 102 valence electrons. The molecule has 1 aromatic carbocycles. The first kappa shape index (κ1) is 14.9. The number of aliphatic hydroxyl groups excluding tert-OH is 2. The number of nitrogens with one attached hydrogen (secondary N) is 1. The van der Waals surface area contributed by atoms with Gasteiger partial charge in [0.15, 0.2) is 11.6 Å². The van der Waals surface area contributed by atoms with Gasteiger partial charge in [0.2, 0.25) is 0 Å². The number of rotatable bonds is 6. The molecule has 1 atom stereocenters. The fourth-order valence-corrected chi connectivity index (χ4v) is 1.70. The Morgan fingerprint density at radius 1 is 1.39 bits per heavy atom. The number of hydrogen-bond donors (Lipinski definition) is 3. The van der Waals surface area contributed by atoms with Crippen LogP contribution in [0, 0.1) is 5.82 Å². The van der Waals surface area contributed by atoms with Gasteiger partial charge in [-0.3, -0.25) is 0 Å². The molecular formula is C13H20FNO3. The molecule has 0 saturated carbocycles. The molecule has 0 bridgehead atoms. The lowest BCUT2D eigenvalue weighted by Gasteiger charge is -2.30. The minimum absolute atomic E-state index is 0.193. The first-order valence-corrected chi connectivity index (χ1v) is 5.78. The maximum absolute atomic E-state index is 13.6. The van der Waals surface area contributed by atoms with Crippen LogP contribution in [0.15, 0.2) is 18.2 Å². The predicted molar refractivity (Wildman–Crippen MR) is 67.1 cm³/mol. The molecule has 0 saturated heterocycles. The number of hydrogen-bond acceptors (Lipinski definition) is 4. The Morgan fingerprint density at radius 2 is 2.00 bits per heavy atom. The second kappa shape index (κ2) is 6.13. The van der Waals surface area contributed by atoms with Gasteiger partial charge in [-0.25, -0.2) is 4.39 Å². The quantitative estimate of drug-likeness (QED) is 0.717. The van der Waals surface area contributed by atoms with Crippen LogP contribution in [0.25, 0.3) is 0 Å². The summed E-state index contributed by atoms with van der Waals surface area (Å²) in [6, 6.07) is 4.48. The van der Waals surface area contributed by atoms with E-state index in [9.17, 15) is 14.6 Å². The lowest BCUT2D eigenvalue weighted by molar-refractivity contribution is 0.0957. The third-order valence-corrected chi connectivity index (χ3v) is 2.94. The molecule has 18 heavy (non-hydrogen) atoms. The molecule has 0 aliphatic heterocycles. The normalized spacial score (nSPS) is 13.4. The van der Waals surface area contributed by atoms with Gasteiger partial charge >= 0.3 is 0 Å². The summed E-state index contributed by atoms with van der Waals surface area (Å²) in [4.78, 5) is 0.